The molecule has 0 aromatic heterocycles. The second kappa shape index (κ2) is 28.7. The van der Waals surface area contributed by atoms with Crippen LogP contribution in [0.15, 0.2) is 0 Å². The molecule has 18 atom stereocenters. The lowest BCUT2D eigenvalue weighted by Gasteiger charge is -2.29. The molecule has 4 heterocycles. The molecule has 62 heavy (non-hydrogen) atoms. The highest BCUT2D eigenvalue weighted by Crippen LogP contribution is 2.43. The Balaban J connectivity index is 0.000000417. The Morgan fingerprint density at radius 3 is 1.40 bits per heavy atom. The number of alkyl halides is 1. The quantitative estimate of drug-likeness (QED) is 0.0737. The zero-order valence-corrected chi connectivity index (χ0v) is 39.1. The van der Waals surface area contributed by atoms with Gasteiger partial charge in [-0.1, -0.05) is 0 Å². The number of aliphatic hydroxyl groups excluding tert-OH is 1. The van der Waals surface area contributed by atoms with Crippen molar-refractivity contribution in [2.75, 3.05) is 94.7 Å². The van der Waals surface area contributed by atoms with Crippen LogP contribution in [0.25, 0.3) is 0 Å². The Hall–Kier alpha value is 0.495. The largest absolute Gasteiger partial charge is 0.779 e. The number of hydrogen-bond donors (Lipinski definition) is 1. The molecular weight excluding hydrogens is 905 g/mol. The topological polar surface area (TPSA) is 278 Å². The van der Waals surface area contributed by atoms with Gasteiger partial charge in [0, 0.05) is 86.9 Å². The Morgan fingerprint density at radius 1 is 0.613 bits per heavy atom. The summed E-state index contributed by atoms with van der Waals surface area (Å²) in [5.41, 5.74) is 0. The number of aliphatic hydroxyl groups is 1. The first-order valence-corrected chi connectivity index (χ1v) is 26.3. The van der Waals surface area contributed by atoms with E-state index in [4.69, 9.17) is 92.7 Å². The summed E-state index contributed by atoms with van der Waals surface area (Å²) in [4.78, 5) is 33.1. The molecule has 0 spiro atoms. The van der Waals surface area contributed by atoms with Gasteiger partial charge in [0.25, 0.3) is 0 Å². The lowest BCUT2D eigenvalue weighted by atomic mass is 9.93. The molecule has 6 unspecified atom stereocenters. The normalized spacial score (nSPS) is 36.9. The molecule has 8 radical (unpaired) electrons. The van der Waals surface area contributed by atoms with E-state index < -0.39 is 96.9 Å². The Morgan fingerprint density at radius 2 is 1.00 bits per heavy atom. The van der Waals surface area contributed by atoms with Crippen molar-refractivity contribution in [1.29, 1.82) is 0 Å². The third kappa shape index (κ3) is 24.5. The summed E-state index contributed by atoms with van der Waals surface area (Å²) in [5, 5.41) is 8.71. The van der Waals surface area contributed by atoms with E-state index in [9.17, 15) is 37.3 Å². The minimum Gasteiger partial charge on any atom is -0.779 e. The molecule has 4 saturated heterocycles. The first kappa shape index (κ1) is 60.5. The first-order chi connectivity index (χ1) is 28.6. The van der Waals surface area contributed by atoms with Crippen LogP contribution in [0.4, 0.5) is 4.39 Å². The summed E-state index contributed by atoms with van der Waals surface area (Å²) in [5.74, 6) is 0. The van der Waals surface area contributed by atoms with E-state index in [-0.39, 0.29) is 58.8 Å². The molecular formula is C31H60B5FO21P4-4. The van der Waals surface area contributed by atoms with E-state index in [1.54, 1.807) is 13.8 Å². The van der Waals surface area contributed by atoms with Crippen LogP contribution in [0.1, 0.15) is 19.3 Å². The van der Waals surface area contributed by atoms with Crippen molar-refractivity contribution in [3.8, 4) is 0 Å². The average molecular weight is 966 g/mol. The highest BCUT2D eigenvalue weighted by atomic mass is 31.2. The van der Waals surface area contributed by atoms with E-state index in [2.05, 4.69) is 4.52 Å². The fourth-order valence-corrected chi connectivity index (χ4v) is 8.75. The maximum atomic E-state index is 13.4. The van der Waals surface area contributed by atoms with Crippen LogP contribution in [0.5, 0.6) is 0 Å². The average Bonchev–Trinajstić information content (AvgIpc) is 3.80. The number of methoxy groups -OCH3 is 4. The van der Waals surface area contributed by atoms with Gasteiger partial charge in [-0.3, -0.25) is 0 Å². The van der Waals surface area contributed by atoms with Gasteiger partial charge in [0.2, 0.25) is 0 Å². The third-order valence-corrected chi connectivity index (χ3v) is 10.8. The van der Waals surface area contributed by atoms with E-state index >= 15 is 0 Å². The van der Waals surface area contributed by atoms with Crippen LogP contribution in [0, 0.1) is 0 Å². The zero-order chi connectivity index (χ0) is 47.6. The van der Waals surface area contributed by atoms with Crippen molar-refractivity contribution < 1.29 is 103 Å². The Kier molecular flexibility index (Phi) is 28.0. The van der Waals surface area contributed by atoms with Crippen LogP contribution in [-0.4, -0.2) is 224 Å². The van der Waals surface area contributed by atoms with Crippen molar-refractivity contribution in [1.82, 2.24) is 0 Å². The second-order valence-corrected chi connectivity index (χ2v) is 20.4. The van der Waals surface area contributed by atoms with E-state index in [1.807, 2.05) is 0 Å². The summed E-state index contributed by atoms with van der Waals surface area (Å²) in [6.45, 7) is 5.68. The van der Waals surface area contributed by atoms with Crippen molar-refractivity contribution >= 4 is 69.0 Å². The van der Waals surface area contributed by atoms with Crippen molar-refractivity contribution in [3.63, 3.8) is 0 Å². The van der Waals surface area contributed by atoms with Crippen LogP contribution in [0.3, 0.4) is 0 Å². The number of ether oxygens (including phenoxy) is 9. The molecule has 0 bridgehead atoms. The molecule has 0 aliphatic carbocycles. The molecule has 0 saturated carbocycles. The zero-order valence-electron chi connectivity index (χ0n) is 35.5. The molecule has 4 fully saturated rings. The summed E-state index contributed by atoms with van der Waals surface area (Å²) in [7, 11) is 13.9. The first-order valence-electron chi connectivity index (χ1n) is 18.7. The minimum atomic E-state index is -4.02. The van der Waals surface area contributed by atoms with Gasteiger partial charge in [-0.25, -0.2) is 4.39 Å². The molecule has 31 heteroatoms. The van der Waals surface area contributed by atoms with Crippen molar-refractivity contribution in [3.05, 3.63) is 0 Å². The molecule has 4 rings (SSSR count). The molecule has 356 valence electrons. The number of rotatable bonds is 20. The molecule has 0 aromatic carbocycles. The maximum Gasteiger partial charge on any atom is 0.147 e. The van der Waals surface area contributed by atoms with Crippen LogP contribution in [-0.2, 0) is 79.0 Å². The summed E-state index contributed by atoms with van der Waals surface area (Å²) in [6, 6.07) is -2.77. The summed E-state index contributed by atoms with van der Waals surface area (Å²) >= 11 is 0. The van der Waals surface area contributed by atoms with Crippen LogP contribution < -0.4 is 14.7 Å². The standard InChI is InChI=1S/C10H20BO7P.C7H16B2O4P.C7H13BFO5P.C7H14BO5P/c1-15-6-7-8(18-19(2,13)14)9(10(11)17-7)16-5-3-4-12;1-11-4-6-5(3-7(8)12-6)13-14(2,9)10;1-12-3-4-6(14-15(2,10)11)5(9)7(8)13-4;1-11-4-6-5(3-7(8)12-6)13-14(2,9)10/h7-10,12H,3-6H2,1-2H3,(H,13,14);5-7H,3-4H2,1-2,9H3;4-7H,3H2,1-2H3,(H,10,11);5-7H,3-4H2,1-2H3,(H,9,10)/q;-1;;/p-3/t7-,8+,9?,10-;5-,6-,7-,14?;4-,5?,6+,7-;5-,6-,7-/m1111/s1. The minimum absolute atomic E-state index is 0.0241. The van der Waals surface area contributed by atoms with Gasteiger partial charge in [-0.05, 0) is 25.9 Å². The predicted molar refractivity (Wildman–Crippen MR) is 224 cm³/mol. The highest BCUT2D eigenvalue weighted by Gasteiger charge is 2.46. The van der Waals surface area contributed by atoms with Gasteiger partial charge in [0.15, 0.2) is 0 Å². The van der Waals surface area contributed by atoms with Gasteiger partial charge < -0.3 is 98.8 Å². The fraction of sp³-hybridized carbons (Fsp3) is 1.00. The maximum absolute atomic E-state index is 13.4. The smallest absolute Gasteiger partial charge is 0.147 e. The van der Waals surface area contributed by atoms with Gasteiger partial charge in [-0.15, -0.1) is 0 Å². The van der Waals surface area contributed by atoms with Gasteiger partial charge in [0.1, 0.15) is 103 Å². The Bertz CT molecular complexity index is 1400. The molecule has 1 N–H and O–H groups in total. The van der Waals surface area contributed by atoms with E-state index in [0.29, 0.717) is 25.9 Å². The van der Waals surface area contributed by atoms with E-state index in [0.717, 1.165) is 20.0 Å². The molecule has 0 aromatic rings. The lowest BCUT2D eigenvalue weighted by molar-refractivity contribution is -0.206. The molecule has 4 aliphatic heterocycles. The molecule has 4 aliphatic rings. The van der Waals surface area contributed by atoms with Gasteiger partial charge >= 0.3 is 0 Å². The molecule has 21 nitrogen and oxygen atoms in total. The van der Waals surface area contributed by atoms with Crippen molar-refractivity contribution in [2.24, 2.45) is 0 Å². The van der Waals surface area contributed by atoms with Crippen LogP contribution in [0.2, 0.25) is 0 Å². The summed E-state index contributed by atoms with van der Waals surface area (Å²) < 4.78 is 124. The number of hydrogen-bond acceptors (Lipinski definition) is 21. The molecule has 0 amide bonds. The SMILES string of the molecule is [B][C@@H]1O[C@H](COC)[C@H](OP(C)(=O)[O-])C1F.[B][C@@H]1O[C@H](COC)[C@H](OP(C)(=O)[O-])C1OCCCO.[B][C@H]1C[C@@H](OP(C)(=O)[O-])[C@@H](COC)O1.[B][C@H]1C[C@@H](OP([BH3-])(C)=O)[C@@H](COC)O1. The van der Waals surface area contributed by atoms with Crippen LogP contribution >= 0.6 is 30.0 Å². The monoisotopic (exact) mass is 966 g/mol. The van der Waals surface area contributed by atoms with Crippen molar-refractivity contribution in [2.45, 2.75) is 104 Å². The van der Waals surface area contributed by atoms with E-state index in [1.165, 1.54) is 21.3 Å². The van der Waals surface area contributed by atoms with Gasteiger partial charge in [0.05, 0.1) is 52.2 Å². The fourth-order valence-electron chi connectivity index (χ4n) is 6.05. The number of halogens is 1. The highest BCUT2D eigenvalue weighted by molar-refractivity contribution is 7.82. The lowest BCUT2D eigenvalue weighted by Crippen LogP contribution is -2.39. The summed E-state index contributed by atoms with van der Waals surface area (Å²) in [6.07, 6.45) is -5.73. The van der Waals surface area contributed by atoms with Gasteiger partial charge in [-0.2, -0.15) is 0 Å². The second-order valence-electron chi connectivity index (χ2n) is 14.0. The third-order valence-electron chi connectivity index (χ3n) is 8.30. The predicted octanol–water partition coefficient (Wildman–Crippen LogP) is -2.73. The Labute approximate surface area is 370 Å².